The molecule has 1 N–H and O–H groups in total. The molecule has 0 fully saturated rings. The Hall–Kier alpha value is -3.20. The summed E-state index contributed by atoms with van der Waals surface area (Å²) in [6, 6.07) is 17.0. The standard InChI is InChI=1S/C25H21Cl2N3O4S/c1-14(23(31)28-17-11-15(26)10-16(27)12-17)35-25-29-20-7-5-4-6-19(20)24(32)30(25)21-13-18(33-2)8-9-22(21)34-3/h4-14H,1-3H3,(H,28,31)/t14-/m0/s1. The van der Waals surface area contributed by atoms with Gasteiger partial charge in [0.1, 0.15) is 11.5 Å². The number of fused-ring (bicyclic) bond motifs is 1. The van der Waals surface area contributed by atoms with Gasteiger partial charge >= 0.3 is 0 Å². The molecule has 1 heterocycles. The van der Waals surface area contributed by atoms with Gasteiger partial charge in [0.05, 0.1) is 36.1 Å². The molecule has 1 amide bonds. The van der Waals surface area contributed by atoms with Crippen LogP contribution in [0.25, 0.3) is 16.6 Å². The zero-order valence-corrected chi connectivity index (χ0v) is 21.4. The van der Waals surface area contributed by atoms with Gasteiger partial charge in [0.15, 0.2) is 5.16 Å². The number of anilines is 1. The van der Waals surface area contributed by atoms with Gasteiger partial charge < -0.3 is 14.8 Å². The number of carbonyl (C=O) groups excluding carboxylic acids is 1. The van der Waals surface area contributed by atoms with Crippen molar-refractivity contribution in [3.63, 3.8) is 0 Å². The lowest BCUT2D eigenvalue weighted by Crippen LogP contribution is -2.26. The second kappa shape index (κ2) is 10.6. The number of nitrogens with zero attached hydrogens (tertiary/aromatic N) is 2. The molecule has 3 aromatic carbocycles. The van der Waals surface area contributed by atoms with E-state index in [1.165, 1.54) is 18.8 Å². The van der Waals surface area contributed by atoms with Crippen molar-refractivity contribution >= 4 is 57.5 Å². The molecule has 7 nitrogen and oxygen atoms in total. The minimum absolute atomic E-state index is 0.293. The molecule has 35 heavy (non-hydrogen) atoms. The van der Waals surface area contributed by atoms with Crippen molar-refractivity contribution in [1.29, 1.82) is 0 Å². The summed E-state index contributed by atoms with van der Waals surface area (Å²) in [4.78, 5) is 31.3. The summed E-state index contributed by atoms with van der Waals surface area (Å²) in [6.07, 6.45) is 0. The summed E-state index contributed by atoms with van der Waals surface area (Å²) < 4.78 is 12.3. The first-order valence-electron chi connectivity index (χ1n) is 10.5. The molecular weight excluding hydrogens is 509 g/mol. The summed E-state index contributed by atoms with van der Waals surface area (Å²) in [6.45, 7) is 1.72. The Morgan fingerprint density at radius 3 is 2.43 bits per heavy atom. The molecule has 1 aromatic heterocycles. The van der Waals surface area contributed by atoms with Crippen molar-refractivity contribution in [3.05, 3.63) is 81.1 Å². The molecule has 0 spiro atoms. The lowest BCUT2D eigenvalue weighted by atomic mass is 10.2. The normalized spacial score (nSPS) is 11.8. The van der Waals surface area contributed by atoms with Crippen LogP contribution in [0.2, 0.25) is 10.0 Å². The average molecular weight is 530 g/mol. The van der Waals surface area contributed by atoms with E-state index in [4.69, 9.17) is 37.7 Å². The van der Waals surface area contributed by atoms with Gasteiger partial charge in [0.2, 0.25) is 5.91 Å². The first-order chi connectivity index (χ1) is 16.8. The Bertz CT molecular complexity index is 1460. The predicted octanol–water partition coefficient (Wildman–Crippen LogP) is 5.83. The predicted molar refractivity (Wildman–Crippen MR) is 141 cm³/mol. The maximum absolute atomic E-state index is 13.6. The molecule has 0 aliphatic rings. The maximum Gasteiger partial charge on any atom is 0.266 e. The lowest BCUT2D eigenvalue weighted by molar-refractivity contribution is -0.115. The number of benzene rings is 3. The van der Waals surface area contributed by atoms with Gasteiger partial charge in [-0.3, -0.25) is 14.2 Å². The van der Waals surface area contributed by atoms with Crippen LogP contribution in [0.4, 0.5) is 5.69 Å². The Kier molecular flexibility index (Phi) is 7.54. The van der Waals surface area contributed by atoms with Gasteiger partial charge in [-0.05, 0) is 49.4 Å². The van der Waals surface area contributed by atoms with Crippen molar-refractivity contribution in [2.24, 2.45) is 0 Å². The van der Waals surface area contributed by atoms with Crippen LogP contribution in [0.1, 0.15) is 6.92 Å². The molecule has 180 valence electrons. The van der Waals surface area contributed by atoms with E-state index in [0.717, 1.165) is 11.8 Å². The lowest BCUT2D eigenvalue weighted by Gasteiger charge is -2.18. The summed E-state index contributed by atoms with van der Waals surface area (Å²) in [5.41, 5.74) is 1.15. The summed E-state index contributed by atoms with van der Waals surface area (Å²) in [5, 5.41) is 3.76. The van der Waals surface area contributed by atoms with E-state index in [2.05, 4.69) is 5.32 Å². The quantitative estimate of drug-likeness (QED) is 0.239. The van der Waals surface area contributed by atoms with E-state index in [9.17, 15) is 9.59 Å². The van der Waals surface area contributed by atoms with Crippen LogP contribution in [0.3, 0.4) is 0 Å². The third-order valence-electron chi connectivity index (χ3n) is 5.15. The van der Waals surface area contributed by atoms with Crippen molar-refractivity contribution in [1.82, 2.24) is 9.55 Å². The van der Waals surface area contributed by atoms with Crippen molar-refractivity contribution < 1.29 is 14.3 Å². The van der Waals surface area contributed by atoms with Gasteiger partial charge in [-0.15, -0.1) is 0 Å². The number of hydrogen-bond acceptors (Lipinski definition) is 6. The van der Waals surface area contributed by atoms with Gasteiger partial charge in [0.25, 0.3) is 5.56 Å². The highest BCUT2D eigenvalue weighted by Crippen LogP contribution is 2.32. The highest BCUT2D eigenvalue weighted by Gasteiger charge is 2.22. The zero-order valence-electron chi connectivity index (χ0n) is 19.0. The van der Waals surface area contributed by atoms with Crippen LogP contribution < -0.4 is 20.3 Å². The van der Waals surface area contributed by atoms with E-state index in [-0.39, 0.29) is 11.5 Å². The van der Waals surface area contributed by atoms with Crippen LogP contribution in [0.15, 0.2) is 70.6 Å². The van der Waals surface area contributed by atoms with Crippen LogP contribution >= 0.6 is 35.0 Å². The van der Waals surface area contributed by atoms with Gasteiger partial charge in [-0.2, -0.15) is 0 Å². The molecule has 0 bridgehead atoms. The van der Waals surface area contributed by atoms with Crippen LogP contribution in [0, 0.1) is 0 Å². The fourth-order valence-corrected chi connectivity index (χ4v) is 4.90. The van der Waals surface area contributed by atoms with Gasteiger partial charge in [-0.25, -0.2) is 4.98 Å². The molecule has 0 unspecified atom stereocenters. The number of methoxy groups -OCH3 is 2. The number of aromatic nitrogens is 2. The minimum atomic E-state index is -0.622. The topological polar surface area (TPSA) is 82.4 Å². The third-order valence-corrected chi connectivity index (χ3v) is 6.64. The monoisotopic (exact) mass is 529 g/mol. The van der Waals surface area contributed by atoms with Gasteiger partial charge in [-0.1, -0.05) is 47.1 Å². The molecule has 0 saturated heterocycles. The third kappa shape index (κ3) is 5.40. The number of carbonyl (C=O) groups is 1. The molecule has 0 saturated carbocycles. The maximum atomic E-state index is 13.6. The molecule has 0 aliphatic carbocycles. The fraction of sp³-hybridized carbons (Fsp3) is 0.160. The number of thioether (sulfide) groups is 1. The molecule has 0 radical (unpaired) electrons. The first kappa shape index (κ1) is 24.9. The first-order valence-corrected chi connectivity index (χ1v) is 12.1. The minimum Gasteiger partial charge on any atom is -0.497 e. The Morgan fingerprint density at radius 2 is 1.74 bits per heavy atom. The van der Waals surface area contributed by atoms with Crippen LogP contribution in [0.5, 0.6) is 11.5 Å². The molecule has 10 heteroatoms. The number of ether oxygens (including phenoxy) is 2. The highest BCUT2D eigenvalue weighted by atomic mass is 35.5. The SMILES string of the molecule is COc1ccc(OC)c(-n2c(S[C@@H](C)C(=O)Nc3cc(Cl)cc(Cl)c3)nc3ccccc3c2=O)c1. The number of amides is 1. The van der Waals surface area contributed by atoms with Crippen molar-refractivity contribution in [2.75, 3.05) is 19.5 Å². The van der Waals surface area contributed by atoms with E-state index >= 15 is 0 Å². The Labute approximate surface area is 216 Å². The van der Waals surface area contributed by atoms with Crippen LogP contribution in [-0.4, -0.2) is 34.9 Å². The number of para-hydroxylation sites is 1. The zero-order chi connectivity index (χ0) is 25.1. The van der Waals surface area contributed by atoms with E-state index in [1.54, 1.807) is 67.6 Å². The smallest absolute Gasteiger partial charge is 0.266 e. The molecular formula is C25H21Cl2N3O4S. The summed E-state index contributed by atoms with van der Waals surface area (Å²) >= 11 is 13.2. The number of hydrogen-bond donors (Lipinski definition) is 1. The van der Waals surface area contributed by atoms with Crippen molar-refractivity contribution in [3.8, 4) is 17.2 Å². The second-order valence-electron chi connectivity index (χ2n) is 7.50. The molecule has 0 aliphatic heterocycles. The highest BCUT2D eigenvalue weighted by molar-refractivity contribution is 8.00. The molecule has 4 rings (SSSR count). The molecule has 4 aromatic rings. The van der Waals surface area contributed by atoms with Crippen molar-refractivity contribution in [2.45, 2.75) is 17.3 Å². The summed E-state index contributed by atoms with van der Waals surface area (Å²) in [7, 11) is 3.06. The number of nitrogens with one attached hydrogen (secondary N) is 1. The van der Waals surface area contributed by atoms with E-state index < -0.39 is 5.25 Å². The van der Waals surface area contributed by atoms with Gasteiger partial charge in [0, 0.05) is 21.8 Å². The second-order valence-corrected chi connectivity index (χ2v) is 9.68. The number of rotatable bonds is 7. The van der Waals surface area contributed by atoms with E-state index in [0.29, 0.717) is 49.0 Å². The van der Waals surface area contributed by atoms with Crippen LogP contribution in [-0.2, 0) is 4.79 Å². The fourth-order valence-electron chi connectivity index (χ4n) is 3.46. The number of halogens is 2. The Morgan fingerprint density at radius 1 is 1.03 bits per heavy atom. The average Bonchev–Trinajstić information content (AvgIpc) is 2.83. The Balaban J connectivity index is 1.78. The van der Waals surface area contributed by atoms with E-state index in [1.807, 2.05) is 0 Å². The summed E-state index contributed by atoms with van der Waals surface area (Å²) in [5.74, 6) is 0.692. The molecule has 1 atom stereocenters. The largest absolute Gasteiger partial charge is 0.497 e.